The van der Waals surface area contributed by atoms with Gasteiger partial charge in [0.15, 0.2) is 0 Å². The second-order valence-corrected chi connectivity index (χ2v) is 7.20. The zero-order valence-corrected chi connectivity index (χ0v) is 17.0. The van der Waals surface area contributed by atoms with Crippen LogP contribution in [0.1, 0.15) is 34.6 Å². The minimum Gasteiger partial charge on any atom is -0.375 e. The van der Waals surface area contributed by atoms with Crippen LogP contribution >= 0.6 is 24.8 Å². The summed E-state index contributed by atoms with van der Waals surface area (Å²) in [4.78, 5) is 14.8. The summed E-state index contributed by atoms with van der Waals surface area (Å²) in [5.74, 6) is 0.0228. The third-order valence-electron chi connectivity index (χ3n) is 4.57. The Balaban J connectivity index is 0.00000264. The smallest absolute Gasteiger partial charge is 0.239 e. The Labute approximate surface area is 158 Å². The Kier molecular flexibility index (Phi) is 10.1. The maximum absolute atomic E-state index is 12.4. The molecule has 0 aliphatic carbocycles. The number of ether oxygens (including phenoxy) is 2. The molecular weight excluding hydrogens is 353 g/mol. The molecule has 8 heteroatoms. The molecule has 0 saturated carbocycles. The molecule has 2 saturated heterocycles. The SMILES string of the molecule is CC1CN(C(C)(C)CNC(=O)[C@H]2NCCO[C@@H]2C)CC(C)O1.Cl.Cl. The molecule has 2 N–H and O–H groups in total. The molecule has 144 valence electrons. The number of nitrogens with one attached hydrogen (secondary N) is 2. The van der Waals surface area contributed by atoms with Gasteiger partial charge >= 0.3 is 0 Å². The van der Waals surface area contributed by atoms with Crippen LogP contribution in [0.3, 0.4) is 0 Å². The molecule has 6 nitrogen and oxygen atoms in total. The monoisotopic (exact) mass is 385 g/mol. The van der Waals surface area contributed by atoms with Crippen molar-refractivity contribution in [2.75, 3.05) is 32.8 Å². The second kappa shape index (κ2) is 10.1. The maximum atomic E-state index is 12.4. The molecule has 2 aliphatic heterocycles. The summed E-state index contributed by atoms with van der Waals surface area (Å²) in [7, 11) is 0. The molecule has 0 aromatic carbocycles. The van der Waals surface area contributed by atoms with Crippen molar-refractivity contribution < 1.29 is 14.3 Å². The highest BCUT2D eigenvalue weighted by atomic mass is 35.5. The summed E-state index contributed by atoms with van der Waals surface area (Å²) in [5, 5.41) is 6.31. The highest BCUT2D eigenvalue weighted by Gasteiger charge is 2.35. The van der Waals surface area contributed by atoms with Crippen LogP contribution in [0.4, 0.5) is 0 Å². The third kappa shape index (κ3) is 6.32. The molecule has 24 heavy (non-hydrogen) atoms. The molecule has 0 aromatic heterocycles. The van der Waals surface area contributed by atoms with Gasteiger partial charge in [-0.3, -0.25) is 9.69 Å². The van der Waals surface area contributed by atoms with Crippen LogP contribution in [0.15, 0.2) is 0 Å². The highest BCUT2D eigenvalue weighted by molar-refractivity contribution is 5.85. The van der Waals surface area contributed by atoms with Gasteiger partial charge < -0.3 is 20.1 Å². The van der Waals surface area contributed by atoms with E-state index in [0.29, 0.717) is 13.2 Å². The molecular formula is C16H33Cl2N3O3. The van der Waals surface area contributed by atoms with Crippen LogP contribution in [0.25, 0.3) is 0 Å². The zero-order valence-electron chi connectivity index (χ0n) is 15.3. The van der Waals surface area contributed by atoms with Crippen molar-refractivity contribution in [2.24, 2.45) is 0 Å². The van der Waals surface area contributed by atoms with Gasteiger partial charge in [0.2, 0.25) is 5.91 Å². The van der Waals surface area contributed by atoms with Crippen molar-refractivity contribution in [3.63, 3.8) is 0 Å². The van der Waals surface area contributed by atoms with E-state index >= 15 is 0 Å². The first kappa shape index (κ1) is 23.9. The number of morpholine rings is 2. The minimum absolute atomic E-state index is 0. The fraction of sp³-hybridized carbons (Fsp3) is 0.938. The predicted molar refractivity (Wildman–Crippen MR) is 100 cm³/mol. The summed E-state index contributed by atoms with van der Waals surface area (Å²) in [6.45, 7) is 14.3. The van der Waals surface area contributed by atoms with Crippen LogP contribution in [0.5, 0.6) is 0 Å². The molecule has 0 bridgehead atoms. The lowest BCUT2D eigenvalue weighted by atomic mass is 9.99. The molecule has 0 aromatic rings. The quantitative estimate of drug-likeness (QED) is 0.761. The summed E-state index contributed by atoms with van der Waals surface area (Å²) < 4.78 is 11.3. The fourth-order valence-corrected chi connectivity index (χ4v) is 3.22. The Morgan fingerprint density at radius 1 is 1.21 bits per heavy atom. The normalized spacial score (nSPS) is 31.5. The number of hydrogen-bond acceptors (Lipinski definition) is 5. The number of amides is 1. The van der Waals surface area contributed by atoms with Crippen LogP contribution in [0.2, 0.25) is 0 Å². The van der Waals surface area contributed by atoms with Crippen molar-refractivity contribution in [3.05, 3.63) is 0 Å². The van der Waals surface area contributed by atoms with E-state index in [-0.39, 0.29) is 60.6 Å². The number of rotatable bonds is 4. The third-order valence-corrected chi connectivity index (χ3v) is 4.57. The standard InChI is InChI=1S/C16H31N3O3.2ClH/c1-11-8-19(9-12(2)22-11)16(4,5)10-18-15(20)14-13(3)21-7-6-17-14;;/h11-14,17H,6-10H2,1-5H3,(H,18,20);2*1H/t11?,12?,13-,14+;;/m1../s1. The van der Waals surface area contributed by atoms with E-state index in [1.807, 2.05) is 6.92 Å². The second-order valence-electron chi connectivity index (χ2n) is 7.20. The summed E-state index contributed by atoms with van der Waals surface area (Å²) in [6, 6.07) is -0.257. The first-order valence-corrected chi connectivity index (χ1v) is 8.33. The molecule has 4 atom stereocenters. The van der Waals surface area contributed by atoms with Gasteiger partial charge in [-0.1, -0.05) is 0 Å². The van der Waals surface area contributed by atoms with Crippen LogP contribution in [-0.4, -0.2) is 73.5 Å². The van der Waals surface area contributed by atoms with E-state index in [1.165, 1.54) is 0 Å². The predicted octanol–water partition coefficient (Wildman–Crippen LogP) is 1.21. The average molecular weight is 386 g/mol. The lowest BCUT2D eigenvalue weighted by Gasteiger charge is -2.45. The molecule has 0 radical (unpaired) electrons. The van der Waals surface area contributed by atoms with Crippen LogP contribution in [-0.2, 0) is 14.3 Å². The van der Waals surface area contributed by atoms with Gasteiger partial charge in [-0.15, -0.1) is 24.8 Å². The van der Waals surface area contributed by atoms with E-state index in [0.717, 1.165) is 19.6 Å². The zero-order chi connectivity index (χ0) is 16.3. The van der Waals surface area contributed by atoms with Gasteiger partial charge in [-0.2, -0.15) is 0 Å². The van der Waals surface area contributed by atoms with Crippen LogP contribution < -0.4 is 10.6 Å². The van der Waals surface area contributed by atoms with Gasteiger partial charge in [0.1, 0.15) is 6.04 Å². The van der Waals surface area contributed by atoms with Gasteiger partial charge in [0.25, 0.3) is 0 Å². The lowest BCUT2D eigenvalue weighted by molar-refractivity contribution is -0.130. The molecule has 0 spiro atoms. The summed E-state index contributed by atoms with van der Waals surface area (Å²) in [6.07, 6.45) is 0.375. The topological polar surface area (TPSA) is 62.8 Å². The van der Waals surface area contributed by atoms with E-state index in [1.54, 1.807) is 0 Å². The molecule has 2 unspecified atom stereocenters. The molecule has 2 aliphatic rings. The van der Waals surface area contributed by atoms with Gasteiger partial charge in [-0.25, -0.2) is 0 Å². The van der Waals surface area contributed by atoms with Crippen molar-refractivity contribution in [1.29, 1.82) is 0 Å². The molecule has 1 amide bonds. The van der Waals surface area contributed by atoms with Gasteiger partial charge in [0.05, 0.1) is 24.9 Å². The minimum atomic E-state index is -0.257. The Morgan fingerprint density at radius 2 is 1.79 bits per heavy atom. The van der Waals surface area contributed by atoms with Gasteiger partial charge in [0, 0.05) is 31.7 Å². The Morgan fingerprint density at radius 3 is 2.33 bits per heavy atom. The molecule has 2 rings (SSSR count). The Bertz CT molecular complexity index is 389. The van der Waals surface area contributed by atoms with E-state index in [4.69, 9.17) is 9.47 Å². The van der Waals surface area contributed by atoms with E-state index in [9.17, 15) is 4.79 Å². The average Bonchev–Trinajstić information content (AvgIpc) is 2.44. The number of halogens is 2. The van der Waals surface area contributed by atoms with Crippen molar-refractivity contribution in [2.45, 2.75) is 64.5 Å². The van der Waals surface area contributed by atoms with E-state index < -0.39 is 0 Å². The largest absolute Gasteiger partial charge is 0.375 e. The number of hydrogen-bond donors (Lipinski definition) is 2. The van der Waals surface area contributed by atoms with E-state index in [2.05, 4.69) is 43.2 Å². The van der Waals surface area contributed by atoms with Crippen molar-refractivity contribution >= 4 is 30.7 Å². The highest BCUT2D eigenvalue weighted by Crippen LogP contribution is 2.20. The first-order chi connectivity index (χ1) is 10.3. The van der Waals surface area contributed by atoms with Crippen molar-refractivity contribution in [3.8, 4) is 0 Å². The summed E-state index contributed by atoms with van der Waals surface area (Å²) in [5.41, 5.74) is -0.0965. The number of carbonyl (C=O) groups excluding carboxylic acids is 1. The van der Waals surface area contributed by atoms with Gasteiger partial charge in [-0.05, 0) is 34.6 Å². The van der Waals surface area contributed by atoms with Crippen LogP contribution in [0, 0.1) is 0 Å². The molecule has 2 heterocycles. The molecule has 2 fully saturated rings. The first-order valence-electron chi connectivity index (χ1n) is 8.33. The fourth-order valence-electron chi connectivity index (χ4n) is 3.22. The lowest BCUT2D eigenvalue weighted by Crippen LogP contribution is -2.61. The Hall–Kier alpha value is -0.110. The maximum Gasteiger partial charge on any atom is 0.239 e. The number of carbonyl (C=O) groups is 1. The summed E-state index contributed by atoms with van der Waals surface area (Å²) >= 11 is 0. The number of nitrogens with zero attached hydrogens (tertiary/aromatic N) is 1. The van der Waals surface area contributed by atoms with Crippen molar-refractivity contribution in [1.82, 2.24) is 15.5 Å².